The lowest BCUT2D eigenvalue weighted by Gasteiger charge is -2.18. The van der Waals surface area contributed by atoms with Gasteiger partial charge in [-0.15, -0.1) is 0 Å². The molecule has 1 fully saturated rings. The summed E-state index contributed by atoms with van der Waals surface area (Å²) in [5.74, 6) is 0. The van der Waals surface area contributed by atoms with Gasteiger partial charge >= 0.3 is 0 Å². The fourth-order valence-corrected chi connectivity index (χ4v) is 2.58. The van der Waals surface area contributed by atoms with Crippen molar-refractivity contribution in [3.63, 3.8) is 0 Å². The van der Waals surface area contributed by atoms with E-state index in [0.29, 0.717) is 0 Å². The molecule has 0 radical (unpaired) electrons. The molecule has 0 spiro atoms. The summed E-state index contributed by atoms with van der Waals surface area (Å²) < 4.78 is 10.7. The molecule has 2 atom stereocenters. The molecule has 6 heteroatoms. The Labute approximate surface area is 117 Å². The molecule has 0 saturated carbocycles. The van der Waals surface area contributed by atoms with Gasteiger partial charge in [-0.2, -0.15) is 4.33 Å². The third-order valence-corrected chi connectivity index (χ3v) is 3.59. The zero-order valence-corrected chi connectivity index (χ0v) is 12.1. The van der Waals surface area contributed by atoms with Gasteiger partial charge in [0.2, 0.25) is 0 Å². The van der Waals surface area contributed by atoms with E-state index in [1.807, 2.05) is 38.1 Å². The molecule has 1 aliphatic heterocycles. The van der Waals surface area contributed by atoms with Crippen LogP contribution in [-0.4, -0.2) is 30.6 Å². The summed E-state index contributed by atoms with van der Waals surface area (Å²) >= 11 is 1.15. The van der Waals surface area contributed by atoms with E-state index < -0.39 is 5.72 Å². The maximum Gasteiger partial charge on any atom is 0.114 e. The Morgan fingerprint density at radius 1 is 1.37 bits per heavy atom. The van der Waals surface area contributed by atoms with Gasteiger partial charge in [0.1, 0.15) is 11.8 Å². The topological polar surface area (TPSA) is 60.0 Å². The third-order valence-electron chi connectivity index (χ3n) is 2.92. The number of aliphatic hydroxyl groups excluding tert-OH is 1. The molecule has 1 saturated heterocycles. The van der Waals surface area contributed by atoms with Gasteiger partial charge in [-0.3, -0.25) is 5.32 Å². The van der Waals surface area contributed by atoms with E-state index in [1.54, 1.807) is 0 Å². The van der Waals surface area contributed by atoms with Gasteiger partial charge in [0.15, 0.2) is 0 Å². The highest BCUT2D eigenvalue weighted by Crippen LogP contribution is 2.33. The summed E-state index contributed by atoms with van der Waals surface area (Å²) in [5, 5.41) is 12.7. The zero-order valence-electron chi connectivity index (χ0n) is 11.3. The number of hydrogen-bond acceptors (Lipinski definition) is 6. The Morgan fingerprint density at radius 2 is 2.05 bits per heavy atom. The van der Waals surface area contributed by atoms with Crippen LogP contribution in [0.15, 0.2) is 29.2 Å². The van der Waals surface area contributed by atoms with E-state index >= 15 is 0 Å². The molecule has 19 heavy (non-hydrogen) atoms. The van der Waals surface area contributed by atoms with Gasteiger partial charge in [0.05, 0.1) is 31.8 Å². The van der Waals surface area contributed by atoms with Gasteiger partial charge in [0.25, 0.3) is 0 Å². The number of hydrogen-bond donors (Lipinski definition) is 2. The number of benzene rings is 1. The molecule has 0 unspecified atom stereocenters. The van der Waals surface area contributed by atoms with Crippen LogP contribution in [-0.2, 0) is 14.0 Å². The SMILES string of the molecule is COOSc1ccc([C@H]2OC(C)(C)N[C@@H]2CO)cc1. The van der Waals surface area contributed by atoms with Gasteiger partial charge in [0, 0.05) is 4.90 Å². The first-order chi connectivity index (χ1) is 9.05. The van der Waals surface area contributed by atoms with Crippen molar-refractivity contribution >= 4 is 12.0 Å². The number of ether oxygens (including phenoxy) is 1. The number of aliphatic hydroxyl groups is 1. The average Bonchev–Trinajstić information content (AvgIpc) is 2.72. The van der Waals surface area contributed by atoms with Crippen LogP contribution in [0.4, 0.5) is 0 Å². The third kappa shape index (κ3) is 3.68. The minimum Gasteiger partial charge on any atom is -0.395 e. The minimum atomic E-state index is -0.426. The smallest absolute Gasteiger partial charge is 0.114 e. The maximum atomic E-state index is 9.42. The molecule has 0 bridgehead atoms. The molecule has 1 aromatic carbocycles. The summed E-state index contributed by atoms with van der Waals surface area (Å²) in [5.41, 5.74) is 0.601. The first-order valence-electron chi connectivity index (χ1n) is 6.09. The van der Waals surface area contributed by atoms with Crippen molar-refractivity contribution in [2.45, 2.75) is 36.6 Å². The maximum absolute atomic E-state index is 9.42. The van der Waals surface area contributed by atoms with Crippen LogP contribution in [0, 0.1) is 0 Å². The van der Waals surface area contributed by atoms with Crippen molar-refractivity contribution in [1.82, 2.24) is 5.32 Å². The fourth-order valence-electron chi connectivity index (χ4n) is 2.18. The van der Waals surface area contributed by atoms with Gasteiger partial charge < -0.3 is 9.84 Å². The second-order valence-corrected chi connectivity index (χ2v) is 5.64. The standard InChI is InChI=1S/C13H19NO4S/c1-13(2)14-11(8-15)12(17-13)9-4-6-10(7-5-9)19-18-16-3/h4-7,11-12,14-15H,8H2,1-3H3/t11-,12-/m1/s1. The molecule has 2 rings (SSSR count). The van der Waals surface area contributed by atoms with E-state index in [2.05, 4.69) is 10.2 Å². The molecule has 0 aliphatic carbocycles. The highest BCUT2D eigenvalue weighted by Gasteiger charge is 2.39. The van der Waals surface area contributed by atoms with Crippen molar-refractivity contribution in [3.8, 4) is 0 Å². The van der Waals surface area contributed by atoms with Crippen molar-refractivity contribution in [2.24, 2.45) is 0 Å². The molecule has 0 aromatic heterocycles. The number of rotatable bonds is 5. The molecule has 1 aromatic rings. The fraction of sp³-hybridized carbons (Fsp3) is 0.538. The second-order valence-electron chi connectivity index (χ2n) is 4.87. The number of nitrogens with one attached hydrogen (secondary N) is 1. The molecule has 106 valence electrons. The van der Waals surface area contributed by atoms with E-state index in [-0.39, 0.29) is 18.8 Å². The summed E-state index contributed by atoms with van der Waals surface area (Å²) in [6.45, 7) is 3.94. The molecule has 2 N–H and O–H groups in total. The Morgan fingerprint density at radius 3 is 2.63 bits per heavy atom. The zero-order chi connectivity index (χ0) is 13.9. The normalized spacial score (nSPS) is 25.7. The van der Waals surface area contributed by atoms with E-state index in [1.165, 1.54) is 7.11 Å². The predicted octanol–water partition coefficient (Wildman–Crippen LogP) is 2.03. The van der Waals surface area contributed by atoms with Crippen molar-refractivity contribution in [3.05, 3.63) is 29.8 Å². The highest BCUT2D eigenvalue weighted by atomic mass is 32.2. The van der Waals surface area contributed by atoms with Crippen LogP contribution in [0.1, 0.15) is 25.5 Å². The van der Waals surface area contributed by atoms with Gasteiger partial charge in [-0.25, -0.2) is 4.89 Å². The summed E-state index contributed by atoms with van der Waals surface area (Å²) in [6, 6.07) is 7.71. The molecule has 5 nitrogen and oxygen atoms in total. The molecular weight excluding hydrogens is 266 g/mol. The van der Waals surface area contributed by atoms with E-state index in [0.717, 1.165) is 22.5 Å². The molecule has 1 heterocycles. The Balaban J connectivity index is 2.09. The van der Waals surface area contributed by atoms with Crippen LogP contribution in [0.25, 0.3) is 0 Å². The van der Waals surface area contributed by atoms with Gasteiger partial charge in [-0.1, -0.05) is 12.1 Å². The quantitative estimate of drug-likeness (QED) is 0.490. The van der Waals surface area contributed by atoms with Crippen molar-refractivity contribution in [2.75, 3.05) is 13.7 Å². The molecule has 1 aliphatic rings. The Hall–Kier alpha value is -0.630. The second kappa shape index (κ2) is 6.21. The molecular formula is C13H19NO4S. The van der Waals surface area contributed by atoms with Crippen LogP contribution >= 0.6 is 12.0 Å². The largest absolute Gasteiger partial charge is 0.395 e. The first kappa shape index (κ1) is 14.8. The highest BCUT2D eigenvalue weighted by molar-refractivity contribution is 7.94. The lowest BCUT2D eigenvalue weighted by Crippen LogP contribution is -2.40. The average molecular weight is 285 g/mol. The predicted molar refractivity (Wildman–Crippen MR) is 72.3 cm³/mol. The van der Waals surface area contributed by atoms with Crippen LogP contribution in [0.2, 0.25) is 0 Å². The lowest BCUT2D eigenvalue weighted by atomic mass is 10.0. The lowest BCUT2D eigenvalue weighted by molar-refractivity contribution is -0.160. The Kier molecular flexibility index (Phi) is 4.83. The van der Waals surface area contributed by atoms with Crippen LogP contribution in [0.5, 0.6) is 0 Å². The van der Waals surface area contributed by atoms with E-state index in [4.69, 9.17) is 9.07 Å². The summed E-state index contributed by atoms with van der Waals surface area (Å²) in [7, 11) is 1.47. The van der Waals surface area contributed by atoms with E-state index in [9.17, 15) is 5.11 Å². The van der Waals surface area contributed by atoms with Gasteiger partial charge in [-0.05, 0) is 31.5 Å². The minimum absolute atomic E-state index is 0.0391. The Bertz CT molecular complexity index is 410. The first-order valence-corrected chi connectivity index (χ1v) is 6.83. The van der Waals surface area contributed by atoms with Crippen LogP contribution in [0.3, 0.4) is 0 Å². The van der Waals surface area contributed by atoms with Crippen LogP contribution < -0.4 is 5.32 Å². The van der Waals surface area contributed by atoms with Crippen molar-refractivity contribution < 1.29 is 19.1 Å². The summed E-state index contributed by atoms with van der Waals surface area (Å²) in [4.78, 5) is 5.47. The summed E-state index contributed by atoms with van der Waals surface area (Å²) in [6.07, 6.45) is -0.151. The van der Waals surface area contributed by atoms with Crippen molar-refractivity contribution in [1.29, 1.82) is 0 Å². The monoisotopic (exact) mass is 285 g/mol. The molecule has 0 amide bonds.